The fraction of sp³-hybridized carbons (Fsp3) is 0.208. The molecule has 0 aliphatic carbocycles. The van der Waals surface area contributed by atoms with Gasteiger partial charge >= 0.3 is 0 Å². The quantitative estimate of drug-likeness (QED) is 0.461. The summed E-state index contributed by atoms with van der Waals surface area (Å²) < 4.78 is 24.4. The number of carbonyl (C=O) groups excluding carboxylic acids is 1. The number of pyridine rings is 1. The molecule has 156 valence electrons. The third-order valence-electron chi connectivity index (χ3n) is 5.50. The average Bonchev–Trinajstić information content (AvgIpc) is 3.48. The van der Waals surface area contributed by atoms with E-state index in [0.29, 0.717) is 18.1 Å². The van der Waals surface area contributed by atoms with E-state index in [2.05, 4.69) is 10.1 Å². The number of likely N-dealkylation sites (tertiary alicyclic amines) is 1. The summed E-state index contributed by atoms with van der Waals surface area (Å²) >= 11 is 0. The van der Waals surface area contributed by atoms with E-state index in [0.717, 1.165) is 29.3 Å². The first kappa shape index (κ1) is 19.2. The van der Waals surface area contributed by atoms with Crippen LogP contribution in [-0.4, -0.2) is 27.5 Å². The zero-order valence-electron chi connectivity index (χ0n) is 16.7. The number of hydrogen-bond donors (Lipinski definition) is 0. The zero-order valence-corrected chi connectivity index (χ0v) is 16.7. The SMILES string of the molecule is O=C(c1cc(COc2ccc3ncccc3c2)on1)N1CCC[C@H]1c1ccc(F)cc1. The van der Waals surface area contributed by atoms with Crippen molar-refractivity contribution in [2.45, 2.75) is 25.5 Å². The molecule has 6 nitrogen and oxygen atoms in total. The molecule has 4 aromatic rings. The van der Waals surface area contributed by atoms with E-state index in [1.54, 1.807) is 29.3 Å². The highest BCUT2D eigenvalue weighted by molar-refractivity contribution is 5.92. The van der Waals surface area contributed by atoms with Gasteiger partial charge in [0.1, 0.15) is 18.2 Å². The van der Waals surface area contributed by atoms with Crippen LogP contribution in [0.2, 0.25) is 0 Å². The lowest BCUT2D eigenvalue weighted by molar-refractivity contribution is 0.0725. The van der Waals surface area contributed by atoms with E-state index in [1.807, 2.05) is 30.3 Å². The van der Waals surface area contributed by atoms with Crippen LogP contribution in [0, 0.1) is 5.82 Å². The summed E-state index contributed by atoms with van der Waals surface area (Å²) in [4.78, 5) is 19.1. The maximum absolute atomic E-state index is 13.3. The fourth-order valence-corrected chi connectivity index (χ4v) is 3.97. The number of benzene rings is 2. The van der Waals surface area contributed by atoms with Gasteiger partial charge in [-0.15, -0.1) is 0 Å². The van der Waals surface area contributed by atoms with Gasteiger partial charge in [-0.1, -0.05) is 23.4 Å². The first-order valence-electron chi connectivity index (χ1n) is 10.2. The standard InChI is InChI=1S/C24H20FN3O3/c25-18-7-5-16(6-8-18)23-4-2-12-28(23)24(29)22-14-20(31-27-22)15-30-19-9-10-21-17(13-19)3-1-11-26-21/h1,3,5-11,13-14,23H,2,4,12,15H2/t23-/m0/s1. The van der Waals surface area contributed by atoms with Crippen molar-refractivity contribution in [2.24, 2.45) is 0 Å². The van der Waals surface area contributed by atoms with E-state index in [1.165, 1.54) is 12.1 Å². The van der Waals surface area contributed by atoms with Crippen molar-refractivity contribution in [3.05, 3.63) is 89.7 Å². The molecule has 0 spiro atoms. The number of carbonyl (C=O) groups is 1. The molecule has 0 unspecified atom stereocenters. The van der Waals surface area contributed by atoms with Crippen molar-refractivity contribution in [2.75, 3.05) is 6.54 Å². The van der Waals surface area contributed by atoms with Gasteiger partial charge in [0.15, 0.2) is 11.5 Å². The molecule has 0 saturated carbocycles. The molecule has 0 N–H and O–H groups in total. The molecule has 3 heterocycles. The molecule has 1 aliphatic rings. The van der Waals surface area contributed by atoms with Gasteiger partial charge < -0.3 is 14.2 Å². The topological polar surface area (TPSA) is 68.5 Å². The third-order valence-corrected chi connectivity index (χ3v) is 5.50. The van der Waals surface area contributed by atoms with Crippen LogP contribution in [0.5, 0.6) is 5.75 Å². The summed E-state index contributed by atoms with van der Waals surface area (Å²) in [6.45, 7) is 0.790. The molecule has 5 rings (SSSR count). The number of hydrogen-bond acceptors (Lipinski definition) is 5. The van der Waals surface area contributed by atoms with Crippen LogP contribution in [0.3, 0.4) is 0 Å². The Balaban J connectivity index is 1.27. The molecule has 7 heteroatoms. The Bertz CT molecular complexity index is 1220. The lowest BCUT2D eigenvalue weighted by Crippen LogP contribution is -2.30. The number of ether oxygens (including phenoxy) is 1. The summed E-state index contributed by atoms with van der Waals surface area (Å²) in [7, 11) is 0. The van der Waals surface area contributed by atoms with Crippen LogP contribution in [0.1, 0.15) is 40.7 Å². The van der Waals surface area contributed by atoms with Crippen molar-refractivity contribution in [3.63, 3.8) is 0 Å². The number of aromatic nitrogens is 2. The van der Waals surface area contributed by atoms with Crippen molar-refractivity contribution in [1.29, 1.82) is 0 Å². The molecule has 1 atom stereocenters. The molecule has 2 aromatic heterocycles. The van der Waals surface area contributed by atoms with E-state index >= 15 is 0 Å². The van der Waals surface area contributed by atoms with E-state index in [9.17, 15) is 9.18 Å². The summed E-state index contributed by atoms with van der Waals surface area (Å²) in [5, 5.41) is 4.93. The van der Waals surface area contributed by atoms with Crippen LogP contribution in [0.25, 0.3) is 10.9 Å². The third kappa shape index (κ3) is 3.99. The highest BCUT2D eigenvalue weighted by Gasteiger charge is 2.32. The van der Waals surface area contributed by atoms with Gasteiger partial charge in [-0.05, 0) is 54.8 Å². The van der Waals surface area contributed by atoms with Crippen LogP contribution >= 0.6 is 0 Å². The minimum Gasteiger partial charge on any atom is -0.486 e. The minimum atomic E-state index is -0.288. The van der Waals surface area contributed by atoms with Crippen molar-refractivity contribution in [1.82, 2.24) is 15.0 Å². The maximum atomic E-state index is 13.3. The summed E-state index contributed by atoms with van der Waals surface area (Å²) in [6.07, 6.45) is 3.47. The highest BCUT2D eigenvalue weighted by atomic mass is 19.1. The van der Waals surface area contributed by atoms with Crippen molar-refractivity contribution < 1.29 is 18.4 Å². The summed E-state index contributed by atoms with van der Waals surface area (Å²) in [5.74, 6) is 0.662. The van der Waals surface area contributed by atoms with E-state index in [-0.39, 0.29) is 30.1 Å². The van der Waals surface area contributed by atoms with Crippen molar-refractivity contribution >= 4 is 16.8 Å². The van der Waals surface area contributed by atoms with Gasteiger partial charge in [0.05, 0.1) is 11.6 Å². The maximum Gasteiger partial charge on any atom is 0.276 e. The van der Waals surface area contributed by atoms with Crippen LogP contribution < -0.4 is 4.74 Å². The fourth-order valence-electron chi connectivity index (χ4n) is 3.97. The van der Waals surface area contributed by atoms with Gasteiger partial charge in [0.25, 0.3) is 5.91 Å². The average molecular weight is 417 g/mol. The van der Waals surface area contributed by atoms with Gasteiger partial charge in [-0.2, -0.15) is 0 Å². The largest absolute Gasteiger partial charge is 0.486 e. The second-order valence-corrected chi connectivity index (χ2v) is 7.53. The molecule has 1 amide bonds. The van der Waals surface area contributed by atoms with Gasteiger partial charge in [0.2, 0.25) is 0 Å². The molecule has 31 heavy (non-hydrogen) atoms. The second kappa shape index (κ2) is 8.18. The Kier molecular flexibility index (Phi) is 5.08. The lowest BCUT2D eigenvalue weighted by atomic mass is 10.0. The van der Waals surface area contributed by atoms with Crippen molar-refractivity contribution in [3.8, 4) is 5.75 Å². The highest BCUT2D eigenvalue weighted by Crippen LogP contribution is 2.33. The van der Waals surface area contributed by atoms with Gasteiger partial charge in [0, 0.05) is 24.2 Å². The Hall–Kier alpha value is -3.74. The number of fused-ring (bicyclic) bond motifs is 1. The normalized spacial score (nSPS) is 16.0. The monoisotopic (exact) mass is 417 g/mol. The summed E-state index contributed by atoms with van der Waals surface area (Å²) in [5.41, 5.74) is 2.06. The molecule has 0 bridgehead atoms. The van der Waals surface area contributed by atoms with E-state index in [4.69, 9.17) is 9.26 Å². The lowest BCUT2D eigenvalue weighted by Gasteiger charge is -2.24. The number of halogens is 1. The predicted molar refractivity (Wildman–Crippen MR) is 112 cm³/mol. The molecule has 1 fully saturated rings. The van der Waals surface area contributed by atoms with Gasteiger partial charge in [-0.25, -0.2) is 4.39 Å². The van der Waals surface area contributed by atoms with Crippen LogP contribution in [0.15, 0.2) is 71.4 Å². The molecule has 0 radical (unpaired) electrons. The molecule has 2 aromatic carbocycles. The number of rotatable bonds is 5. The number of nitrogens with zero attached hydrogens (tertiary/aromatic N) is 3. The number of amides is 1. The van der Waals surface area contributed by atoms with Crippen LogP contribution in [0.4, 0.5) is 4.39 Å². The molecular weight excluding hydrogens is 397 g/mol. The Labute approximate surface area is 178 Å². The molecule has 1 aliphatic heterocycles. The smallest absolute Gasteiger partial charge is 0.276 e. The van der Waals surface area contributed by atoms with Gasteiger partial charge in [-0.3, -0.25) is 9.78 Å². The van der Waals surface area contributed by atoms with Crippen LogP contribution in [-0.2, 0) is 6.61 Å². The molecule has 1 saturated heterocycles. The Morgan fingerprint density at radius 3 is 2.90 bits per heavy atom. The Morgan fingerprint density at radius 1 is 1.16 bits per heavy atom. The van der Waals surface area contributed by atoms with E-state index < -0.39 is 0 Å². The minimum absolute atomic E-state index is 0.0873. The summed E-state index contributed by atoms with van der Waals surface area (Å²) in [6, 6.07) is 17.3. The zero-order chi connectivity index (χ0) is 21.2. The molecular formula is C24H20FN3O3. The first-order valence-corrected chi connectivity index (χ1v) is 10.2. The second-order valence-electron chi connectivity index (χ2n) is 7.53. The first-order chi connectivity index (χ1) is 15.2. The Morgan fingerprint density at radius 2 is 2.03 bits per heavy atom. The predicted octanol–water partition coefficient (Wildman–Crippen LogP) is 4.92.